The Balaban J connectivity index is 2.45. The highest BCUT2D eigenvalue weighted by atomic mass is 16.5. The maximum Gasteiger partial charge on any atom is 0.140 e. The third-order valence-electron chi connectivity index (χ3n) is 2.38. The average Bonchev–Trinajstić information content (AvgIpc) is 2.65. The van der Waals surface area contributed by atoms with E-state index in [-0.39, 0.29) is 11.7 Å². The van der Waals surface area contributed by atoms with Crippen molar-refractivity contribution in [3.8, 4) is 0 Å². The van der Waals surface area contributed by atoms with E-state index in [2.05, 4.69) is 10.1 Å². The lowest BCUT2D eigenvalue weighted by Gasteiger charge is -2.08. The molecule has 0 radical (unpaired) electrons. The molecule has 1 rings (SSSR count). The number of methoxy groups -OCH3 is 1. The van der Waals surface area contributed by atoms with Crippen LogP contribution in [0.1, 0.15) is 26.1 Å². The zero-order valence-electron chi connectivity index (χ0n) is 10.1. The van der Waals surface area contributed by atoms with Crippen LogP contribution in [0.4, 0.5) is 0 Å². The molecule has 0 saturated heterocycles. The summed E-state index contributed by atoms with van der Waals surface area (Å²) in [7, 11) is 1.65. The van der Waals surface area contributed by atoms with Gasteiger partial charge in [0.25, 0.3) is 0 Å². The number of hydrogen-bond acceptors (Lipinski definition) is 4. The van der Waals surface area contributed by atoms with Gasteiger partial charge in [0.15, 0.2) is 0 Å². The number of carbonyl (C=O) groups is 1. The van der Waals surface area contributed by atoms with Gasteiger partial charge in [0, 0.05) is 26.7 Å². The van der Waals surface area contributed by atoms with Gasteiger partial charge < -0.3 is 4.74 Å². The molecule has 5 nitrogen and oxygen atoms in total. The molecule has 0 amide bonds. The highest BCUT2D eigenvalue weighted by Crippen LogP contribution is 2.06. The van der Waals surface area contributed by atoms with Crippen molar-refractivity contribution in [1.82, 2.24) is 14.8 Å². The molecule has 0 aliphatic carbocycles. The van der Waals surface area contributed by atoms with Crippen molar-refractivity contribution in [2.24, 2.45) is 5.92 Å². The van der Waals surface area contributed by atoms with Crippen molar-refractivity contribution in [2.75, 3.05) is 13.7 Å². The molecule has 0 aliphatic heterocycles. The first-order valence-corrected chi connectivity index (χ1v) is 5.54. The smallest absolute Gasteiger partial charge is 0.140 e. The second-order valence-electron chi connectivity index (χ2n) is 3.97. The van der Waals surface area contributed by atoms with Gasteiger partial charge in [-0.15, -0.1) is 0 Å². The normalized spacial score (nSPS) is 12.7. The summed E-state index contributed by atoms with van der Waals surface area (Å²) in [5.41, 5.74) is 0. The summed E-state index contributed by atoms with van der Waals surface area (Å²) in [5.74, 6) is 1.19. The van der Waals surface area contributed by atoms with Crippen LogP contribution in [0.5, 0.6) is 0 Å². The van der Waals surface area contributed by atoms with E-state index in [1.165, 1.54) is 6.33 Å². The van der Waals surface area contributed by atoms with Crippen molar-refractivity contribution in [3.63, 3.8) is 0 Å². The van der Waals surface area contributed by atoms with Crippen LogP contribution in [0.3, 0.4) is 0 Å². The summed E-state index contributed by atoms with van der Waals surface area (Å²) in [4.78, 5) is 15.8. The first-order valence-electron chi connectivity index (χ1n) is 5.54. The lowest BCUT2D eigenvalue weighted by atomic mass is 10.0. The second-order valence-corrected chi connectivity index (χ2v) is 3.97. The van der Waals surface area contributed by atoms with Gasteiger partial charge in [-0.25, -0.2) is 9.67 Å². The summed E-state index contributed by atoms with van der Waals surface area (Å²) < 4.78 is 6.75. The molecule has 1 unspecified atom stereocenters. The molecule has 0 fully saturated rings. The van der Waals surface area contributed by atoms with E-state index in [4.69, 9.17) is 4.74 Å². The molecular formula is C11H19N3O2. The van der Waals surface area contributed by atoms with Crippen LogP contribution < -0.4 is 0 Å². The van der Waals surface area contributed by atoms with E-state index in [0.717, 1.165) is 12.4 Å². The van der Waals surface area contributed by atoms with Crippen molar-refractivity contribution < 1.29 is 9.53 Å². The number of nitrogens with zero attached hydrogens (tertiary/aromatic N) is 3. The van der Waals surface area contributed by atoms with E-state index in [0.29, 0.717) is 19.4 Å². The van der Waals surface area contributed by atoms with Crippen molar-refractivity contribution in [1.29, 1.82) is 0 Å². The van der Waals surface area contributed by atoms with E-state index < -0.39 is 0 Å². The number of hydrogen-bond donors (Lipinski definition) is 0. The van der Waals surface area contributed by atoms with Crippen LogP contribution in [0.15, 0.2) is 6.33 Å². The maximum absolute atomic E-state index is 11.7. The summed E-state index contributed by atoms with van der Waals surface area (Å²) in [6.45, 7) is 5.35. The largest absolute Gasteiger partial charge is 0.384 e. The minimum atomic E-state index is 0.187. The van der Waals surface area contributed by atoms with Crippen LogP contribution in [0, 0.1) is 5.92 Å². The fourth-order valence-electron chi connectivity index (χ4n) is 1.67. The molecular weight excluding hydrogens is 206 g/mol. The molecule has 0 aliphatic rings. The topological polar surface area (TPSA) is 57.0 Å². The first kappa shape index (κ1) is 12.8. The quantitative estimate of drug-likeness (QED) is 0.697. The van der Waals surface area contributed by atoms with Crippen LogP contribution in [-0.2, 0) is 22.5 Å². The fraction of sp³-hybridized carbons (Fsp3) is 0.727. The monoisotopic (exact) mass is 225 g/mol. The van der Waals surface area contributed by atoms with Gasteiger partial charge in [0.05, 0.1) is 6.42 Å². The number of aromatic nitrogens is 3. The van der Waals surface area contributed by atoms with Crippen LogP contribution >= 0.6 is 0 Å². The molecule has 1 heterocycles. The summed E-state index contributed by atoms with van der Waals surface area (Å²) >= 11 is 0. The molecule has 5 heteroatoms. The average molecular weight is 225 g/mol. The summed E-state index contributed by atoms with van der Waals surface area (Å²) in [5, 5.41) is 4.03. The molecule has 1 aromatic heterocycles. The minimum absolute atomic E-state index is 0.187. The Labute approximate surface area is 95.8 Å². The SMILES string of the molecule is CCn1ncnc1CC(=O)CC(C)COC. The number of Topliss-reactive ketones (excluding diaryl/α,β-unsaturated/α-hetero) is 1. The van der Waals surface area contributed by atoms with Gasteiger partial charge in [0.1, 0.15) is 17.9 Å². The predicted molar refractivity (Wildman–Crippen MR) is 60.1 cm³/mol. The molecule has 0 saturated carbocycles. The molecule has 0 N–H and O–H groups in total. The third kappa shape index (κ3) is 3.73. The number of aryl methyl sites for hydroxylation is 1. The van der Waals surface area contributed by atoms with Gasteiger partial charge >= 0.3 is 0 Å². The lowest BCUT2D eigenvalue weighted by Crippen LogP contribution is -2.15. The number of carbonyl (C=O) groups excluding carboxylic acids is 1. The van der Waals surface area contributed by atoms with Crippen molar-refractivity contribution >= 4 is 5.78 Å². The zero-order valence-corrected chi connectivity index (χ0v) is 10.1. The van der Waals surface area contributed by atoms with Gasteiger partial charge in [-0.1, -0.05) is 6.92 Å². The van der Waals surface area contributed by atoms with Crippen LogP contribution in [-0.4, -0.2) is 34.3 Å². The number of rotatable bonds is 7. The Kier molecular flexibility index (Phi) is 5.11. The van der Waals surface area contributed by atoms with E-state index in [9.17, 15) is 4.79 Å². The van der Waals surface area contributed by atoms with Crippen molar-refractivity contribution in [3.05, 3.63) is 12.2 Å². The Morgan fingerprint density at radius 3 is 3.00 bits per heavy atom. The molecule has 1 atom stereocenters. The lowest BCUT2D eigenvalue weighted by molar-refractivity contribution is -0.119. The molecule has 90 valence electrons. The highest BCUT2D eigenvalue weighted by molar-refractivity contribution is 5.80. The van der Waals surface area contributed by atoms with E-state index in [1.54, 1.807) is 11.8 Å². The molecule has 0 spiro atoms. The Morgan fingerprint density at radius 1 is 1.62 bits per heavy atom. The minimum Gasteiger partial charge on any atom is -0.384 e. The van der Waals surface area contributed by atoms with E-state index >= 15 is 0 Å². The molecule has 16 heavy (non-hydrogen) atoms. The van der Waals surface area contributed by atoms with Crippen molar-refractivity contribution in [2.45, 2.75) is 33.2 Å². The van der Waals surface area contributed by atoms with Gasteiger partial charge in [-0.05, 0) is 12.8 Å². The van der Waals surface area contributed by atoms with E-state index in [1.807, 2.05) is 13.8 Å². The molecule has 0 bridgehead atoms. The van der Waals surface area contributed by atoms with Crippen LogP contribution in [0.25, 0.3) is 0 Å². The highest BCUT2D eigenvalue weighted by Gasteiger charge is 2.12. The Morgan fingerprint density at radius 2 is 2.38 bits per heavy atom. The third-order valence-corrected chi connectivity index (χ3v) is 2.38. The molecule has 0 aromatic carbocycles. The van der Waals surface area contributed by atoms with Gasteiger partial charge in [-0.3, -0.25) is 4.79 Å². The first-order chi connectivity index (χ1) is 7.67. The van der Waals surface area contributed by atoms with Crippen LogP contribution in [0.2, 0.25) is 0 Å². The zero-order chi connectivity index (χ0) is 12.0. The van der Waals surface area contributed by atoms with Gasteiger partial charge in [0.2, 0.25) is 0 Å². The fourth-order valence-corrected chi connectivity index (χ4v) is 1.67. The summed E-state index contributed by atoms with van der Waals surface area (Å²) in [6.07, 6.45) is 2.39. The molecule has 1 aromatic rings. The number of ether oxygens (including phenoxy) is 1. The maximum atomic E-state index is 11.7. The predicted octanol–water partition coefficient (Wildman–Crippen LogP) is 1.08. The van der Waals surface area contributed by atoms with Gasteiger partial charge in [-0.2, -0.15) is 5.10 Å². The Bertz CT molecular complexity index is 336. The second kappa shape index (κ2) is 6.37. The summed E-state index contributed by atoms with van der Waals surface area (Å²) in [6, 6.07) is 0. The number of ketones is 1. The standard InChI is InChI=1S/C11H19N3O2/c1-4-14-11(12-8-13-14)6-10(15)5-9(2)7-16-3/h8-9H,4-7H2,1-3H3. The Hall–Kier alpha value is -1.23.